The average molecular weight is 431 g/mol. The van der Waals surface area contributed by atoms with Gasteiger partial charge in [0.05, 0.1) is 30.0 Å². The Bertz CT molecular complexity index is 1430. The van der Waals surface area contributed by atoms with Gasteiger partial charge in [-0.3, -0.25) is 19.4 Å². The third kappa shape index (κ3) is 3.16. The third-order valence-corrected chi connectivity index (χ3v) is 5.50. The number of fused-ring (bicyclic) bond motifs is 1. The highest BCUT2D eigenvalue weighted by molar-refractivity contribution is 5.98. The molecule has 0 spiro atoms. The van der Waals surface area contributed by atoms with Crippen LogP contribution in [-0.2, 0) is 4.74 Å². The minimum absolute atomic E-state index is 0.0141. The largest absolute Gasteiger partial charge is 0.382 e. The molecule has 32 heavy (non-hydrogen) atoms. The maximum absolute atomic E-state index is 14.8. The number of hydrogen-bond acceptors (Lipinski definition) is 7. The van der Waals surface area contributed by atoms with E-state index in [9.17, 15) is 14.4 Å². The molecule has 1 aliphatic rings. The number of nitrogens with zero attached hydrogens (tertiary/aromatic N) is 5. The van der Waals surface area contributed by atoms with Crippen LogP contribution in [0.5, 0.6) is 0 Å². The number of H-pyrrole nitrogens is 1. The molecule has 4 aromatic rings. The van der Waals surface area contributed by atoms with E-state index >= 15 is 0 Å². The number of ether oxygens (including phenoxy) is 1. The molecule has 5 rings (SSSR count). The Morgan fingerprint density at radius 3 is 2.84 bits per heavy atom. The van der Waals surface area contributed by atoms with Gasteiger partial charge < -0.3 is 15.4 Å². The first-order chi connectivity index (χ1) is 15.6. The molecule has 1 aromatic carbocycles. The summed E-state index contributed by atoms with van der Waals surface area (Å²) in [5.74, 6) is -0.715. The average Bonchev–Trinajstić information content (AvgIpc) is 3.22. The monoisotopic (exact) mass is 431 g/mol. The van der Waals surface area contributed by atoms with E-state index in [1.54, 1.807) is 6.20 Å². The Kier molecular flexibility index (Phi) is 4.80. The summed E-state index contributed by atoms with van der Waals surface area (Å²) < 4.78 is 21.3. The van der Waals surface area contributed by atoms with Crippen LogP contribution in [0.15, 0.2) is 47.5 Å². The molecule has 1 aliphatic heterocycles. The fourth-order valence-electron chi connectivity index (χ4n) is 3.94. The molecular formula is C22H18FN7O2. The molecule has 3 N–H and O–H groups in total. The van der Waals surface area contributed by atoms with Crippen LogP contribution in [0.1, 0.15) is 5.56 Å². The number of aromatic amines is 1. The lowest BCUT2D eigenvalue weighted by Crippen LogP contribution is -2.36. The molecule has 3 aromatic heterocycles. The van der Waals surface area contributed by atoms with Gasteiger partial charge in [-0.05, 0) is 24.3 Å². The highest BCUT2D eigenvalue weighted by Crippen LogP contribution is 2.30. The van der Waals surface area contributed by atoms with Gasteiger partial charge in [0.2, 0.25) is 0 Å². The van der Waals surface area contributed by atoms with Crippen molar-refractivity contribution in [1.29, 1.82) is 5.26 Å². The lowest BCUT2D eigenvalue weighted by Gasteiger charge is -2.29. The van der Waals surface area contributed by atoms with Gasteiger partial charge in [0.1, 0.15) is 23.0 Å². The van der Waals surface area contributed by atoms with Crippen LogP contribution in [0.4, 0.5) is 15.9 Å². The molecule has 4 heterocycles. The Balaban J connectivity index is 1.77. The summed E-state index contributed by atoms with van der Waals surface area (Å²) in [6.45, 7) is 2.76. The van der Waals surface area contributed by atoms with Gasteiger partial charge in [-0.15, -0.1) is 0 Å². The zero-order valence-corrected chi connectivity index (χ0v) is 16.9. The van der Waals surface area contributed by atoms with Gasteiger partial charge in [-0.2, -0.15) is 10.4 Å². The second kappa shape index (κ2) is 7.79. The summed E-state index contributed by atoms with van der Waals surface area (Å²) in [5.41, 5.74) is 7.66. The first-order valence-corrected chi connectivity index (χ1v) is 9.96. The van der Waals surface area contributed by atoms with Crippen LogP contribution in [0.25, 0.3) is 27.8 Å². The molecular weight excluding hydrogens is 413 g/mol. The molecule has 160 valence electrons. The van der Waals surface area contributed by atoms with Crippen LogP contribution < -0.4 is 16.2 Å². The Morgan fingerprint density at radius 2 is 2.06 bits per heavy atom. The second-order valence-corrected chi connectivity index (χ2v) is 7.32. The molecule has 0 atom stereocenters. The number of hydrogen-bond donors (Lipinski definition) is 2. The molecule has 0 radical (unpaired) electrons. The maximum Gasteiger partial charge on any atom is 0.268 e. The minimum atomic E-state index is -0.700. The van der Waals surface area contributed by atoms with Crippen LogP contribution in [0.3, 0.4) is 0 Å². The van der Waals surface area contributed by atoms with Crippen molar-refractivity contribution >= 4 is 22.4 Å². The maximum atomic E-state index is 14.8. The molecule has 0 aliphatic carbocycles. The predicted molar refractivity (Wildman–Crippen MR) is 117 cm³/mol. The summed E-state index contributed by atoms with van der Waals surface area (Å²) in [6.07, 6.45) is 3.14. The third-order valence-electron chi connectivity index (χ3n) is 5.50. The number of rotatable bonds is 3. The first-order valence-electron chi connectivity index (χ1n) is 9.96. The fourth-order valence-corrected chi connectivity index (χ4v) is 3.94. The zero-order chi connectivity index (χ0) is 22.2. The van der Waals surface area contributed by atoms with Crippen LogP contribution in [0.2, 0.25) is 0 Å². The smallest absolute Gasteiger partial charge is 0.268 e. The molecule has 10 heteroatoms. The van der Waals surface area contributed by atoms with E-state index in [1.807, 2.05) is 18.2 Å². The van der Waals surface area contributed by atoms with E-state index in [2.05, 4.69) is 20.1 Å². The molecule has 0 saturated carbocycles. The number of benzene rings is 1. The first kappa shape index (κ1) is 19.7. The zero-order valence-electron chi connectivity index (χ0n) is 16.9. The lowest BCUT2D eigenvalue weighted by molar-refractivity contribution is 0.122. The highest BCUT2D eigenvalue weighted by atomic mass is 19.1. The molecule has 0 bridgehead atoms. The van der Waals surface area contributed by atoms with Crippen molar-refractivity contribution in [3.63, 3.8) is 0 Å². The van der Waals surface area contributed by atoms with Crippen molar-refractivity contribution < 1.29 is 9.13 Å². The summed E-state index contributed by atoms with van der Waals surface area (Å²) >= 11 is 0. The lowest BCUT2D eigenvalue weighted by atomic mass is 10.1. The van der Waals surface area contributed by atoms with Gasteiger partial charge >= 0.3 is 0 Å². The van der Waals surface area contributed by atoms with Crippen molar-refractivity contribution in [2.24, 2.45) is 0 Å². The Labute approximate surface area is 181 Å². The van der Waals surface area contributed by atoms with Gasteiger partial charge in [0.25, 0.3) is 5.56 Å². The SMILES string of the molecule is N#Cc1cccc(F)c1-n1cc(-c2cc(N3CCOCC3)ccn2)c2[nH]nc(N)c2c1=O. The van der Waals surface area contributed by atoms with Crippen LogP contribution in [0, 0.1) is 17.1 Å². The normalized spacial score (nSPS) is 13.9. The minimum Gasteiger partial charge on any atom is -0.382 e. The predicted octanol–water partition coefficient (Wildman–Crippen LogP) is 2.21. The van der Waals surface area contributed by atoms with Crippen LogP contribution >= 0.6 is 0 Å². The molecule has 1 saturated heterocycles. The number of nitrogens with two attached hydrogens (primary N) is 1. The van der Waals surface area contributed by atoms with Crippen molar-refractivity contribution in [3.8, 4) is 23.0 Å². The van der Waals surface area contributed by atoms with Gasteiger partial charge in [-0.25, -0.2) is 4.39 Å². The number of morpholine rings is 1. The van der Waals surface area contributed by atoms with Crippen molar-refractivity contribution in [3.05, 3.63) is 64.5 Å². The summed E-state index contributed by atoms with van der Waals surface area (Å²) in [4.78, 5) is 19.9. The number of para-hydroxylation sites is 1. The van der Waals surface area contributed by atoms with E-state index in [0.29, 0.717) is 30.0 Å². The number of pyridine rings is 2. The van der Waals surface area contributed by atoms with E-state index in [-0.39, 0.29) is 22.5 Å². The van der Waals surface area contributed by atoms with E-state index in [0.717, 1.165) is 23.3 Å². The molecule has 1 fully saturated rings. The highest BCUT2D eigenvalue weighted by Gasteiger charge is 2.21. The standard InChI is InChI=1S/C22H18FN7O2/c23-16-3-1-2-13(11-24)20(16)30-12-15(19-18(22(30)31)21(25)28-27-19)17-10-14(4-5-26-17)29-6-8-32-9-7-29/h1-5,10,12H,6-9H2,(H3,25,27,28). The van der Waals surface area contributed by atoms with Crippen molar-refractivity contribution in [2.75, 3.05) is 36.9 Å². The second-order valence-electron chi connectivity index (χ2n) is 7.32. The Hall–Kier alpha value is -4.23. The van der Waals surface area contributed by atoms with Crippen molar-refractivity contribution in [2.45, 2.75) is 0 Å². The van der Waals surface area contributed by atoms with Crippen molar-refractivity contribution in [1.82, 2.24) is 19.7 Å². The van der Waals surface area contributed by atoms with Gasteiger partial charge in [0.15, 0.2) is 5.82 Å². The number of nitrogen functional groups attached to an aromatic ring is 1. The van der Waals surface area contributed by atoms with E-state index in [4.69, 9.17) is 10.5 Å². The number of aromatic nitrogens is 4. The number of anilines is 2. The van der Waals surface area contributed by atoms with Gasteiger partial charge in [-0.1, -0.05) is 6.07 Å². The number of nitrogens with one attached hydrogen (secondary N) is 1. The molecule has 0 amide bonds. The number of nitriles is 1. The van der Waals surface area contributed by atoms with E-state index in [1.165, 1.54) is 24.4 Å². The molecule has 9 nitrogen and oxygen atoms in total. The fraction of sp³-hybridized carbons (Fsp3) is 0.182. The topological polar surface area (TPSA) is 126 Å². The Morgan fingerprint density at radius 1 is 1.25 bits per heavy atom. The quantitative estimate of drug-likeness (QED) is 0.509. The van der Waals surface area contributed by atoms with Gasteiger partial charge in [0, 0.05) is 36.7 Å². The van der Waals surface area contributed by atoms with E-state index < -0.39 is 11.4 Å². The number of halogens is 1. The summed E-state index contributed by atoms with van der Waals surface area (Å²) in [5, 5.41) is 16.4. The van der Waals surface area contributed by atoms with Crippen LogP contribution in [-0.4, -0.2) is 46.1 Å². The molecule has 0 unspecified atom stereocenters. The summed E-state index contributed by atoms with van der Waals surface area (Å²) in [7, 11) is 0. The summed E-state index contributed by atoms with van der Waals surface area (Å²) in [6, 6.07) is 9.79.